The maximum absolute atomic E-state index is 6.32. The predicted octanol–water partition coefficient (Wildman–Crippen LogP) is 5.51. The van der Waals surface area contributed by atoms with Crippen molar-refractivity contribution in [1.29, 1.82) is 0 Å². The van der Waals surface area contributed by atoms with Gasteiger partial charge < -0.3 is 10.5 Å². The first-order chi connectivity index (χ1) is 9.93. The fourth-order valence-electron chi connectivity index (χ4n) is 2.03. The van der Waals surface area contributed by atoms with Gasteiger partial charge >= 0.3 is 0 Å². The van der Waals surface area contributed by atoms with Crippen molar-refractivity contribution in [2.45, 2.75) is 19.9 Å². The fraction of sp³-hybridized carbons (Fsp3) is 0.250. The molecule has 0 amide bonds. The van der Waals surface area contributed by atoms with Crippen LogP contribution in [-0.4, -0.2) is 6.61 Å². The van der Waals surface area contributed by atoms with Crippen LogP contribution >= 0.6 is 39.1 Å². The average Bonchev–Trinajstić information content (AvgIpc) is 2.45. The van der Waals surface area contributed by atoms with Gasteiger partial charge in [0.1, 0.15) is 5.75 Å². The summed E-state index contributed by atoms with van der Waals surface area (Å²) in [4.78, 5) is 0. The molecule has 0 aliphatic heterocycles. The minimum absolute atomic E-state index is 0.345. The molecule has 2 nitrogen and oxygen atoms in total. The number of hydrogen-bond donors (Lipinski definition) is 1. The summed E-state index contributed by atoms with van der Waals surface area (Å²) in [6.07, 6.45) is 0. The van der Waals surface area contributed by atoms with Crippen molar-refractivity contribution in [2.75, 3.05) is 6.61 Å². The van der Waals surface area contributed by atoms with Gasteiger partial charge in [0.2, 0.25) is 0 Å². The normalized spacial score (nSPS) is 12.3. The second-order valence-corrected chi connectivity index (χ2v) is 6.39. The van der Waals surface area contributed by atoms with Crippen molar-refractivity contribution in [3.05, 3.63) is 61.5 Å². The summed E-state index contributed by atoms with van der Waals surface area (Å²) in [5.74, 6) is 0.574. The Labute approximate surface area is 143 Å². The maximum atomic E-state index is 6.32. The van der Waals surface area contributed by atoms with Crippen molar-refractivity contribution < 1.29 is 4.74 Å². The Balaban J connectivity index is 2.40. The fourth-order valence-corrected chi connectivity index (χ4v) is 2.92. The third kappa shape index (κ3) is 3.72. The molecule has 0 saturated heterocycles. The summed E-state index contributed by atoms with van der Waals surface area (Å²) in [7, 11) is 0. The zero-order chi connectivity index (χ0) is 15.6. The summed E-state index contributed by atoms with van der Waals surface area (Å²) >= 11 is 16.1. The first kappa shape index (κ1) is 16.6. The van der Waals surface area contributed by atoms with E-state index in [9.17, 15) is 0 Å². The molecule has 112 valence electrons. The highest BCUT2D eigenvalue weighted by Gasteiger charge is 2.16. The maximum Gasteiger partial charge on any atom is 0.139 e. The Hall–Kier alpha value is -0.740. The molecule has 0 aromatic heterocycles. The van der Waals surface area contributed by atoms with Crippen LogP contribution in [0.1, 0.15) is 29.7 Å². The van der Waals surface area contributed by atoms with Gasteiger partial charge in [-0.05, 0) is 42.7 Å². The van der Waals surface area contributed by atoms with Crippen LogP contribution in [0.2, 0.25) is 10.0 Å². The SMILES string of the molecule is CCOc1cc(Cl)c(C(N)c2ccc(C)c(Br)c2)cc1Cl. The summed E-state index contributed by atoms with van der Waals surface area (Å²) in [6, 6.07) is 9.15. The molecule has 2 N–H and O–H groups in total. The van der Waals surface area contributed by atoms with Crippen LogP contribution in [0.4, 0.5) is 0 Å². The topological polar surface area (TPSA) is 35.2 Å². The van der Waals surface area contributed by atoms with E-state index >= 15 is 0 Å². The summed E-state index contributed by atoms with van der Waals surface area (Å²) in [6.45, 7) is 4.46. The average molecular weight is 389 g/mol. The molecular formula is C16H16BrCl2NO. The Kier molecular flexibility index (Phi) is 5.55. The molecule has 0 spiro atoms. The lowest BCUT2D eigenvalue weighted by atomic mass is 9.98. The van der Waals surface area contributed by atoms with Crippen molar-refractivity contribution in [1.82, 2.24) is 0 Å². The summed E-state index contributed by atoms with van der Waals surface area (Å²) in [5, 5.41) is 1.06. The van der Waals surface area contributed by atoms with Crippen LogP contribution < -0.4 is 10.5 Å². The monoisotopic (exact) mass is 387 g/mol. The van der Waals surface area contributed by atoms with Crippen LogP contribution in [0.25, 0.3) is 0 Å². The van der Waals surface area contributed by atoms with Gasteiger partial charge in [-0.1, -0.05) is 51.3 Å². The van der Waals surface area contributed by atoms with Gasteiger partial charge in [-0.25, -0.2) is 0 Å². The highest BCUT2D eigenvalue weighted by molar-refractivity contribution is 9.10. The minimum atomic E-state index is -0.345. The summed E-state index contributed by atoms with van der Waals surface area (Å²) < 4.78 is 6.45. The van der Waals surface area contributed by atoms with Gasteiger partial charge in [-0.3, -0.25) is 0 Å². The minimum Gasteiger partial charge on any atom is -0.492 e. The molecule has 2 aromatic rings. The smallest absolute Gasteiger partial charge is 0.139 e. The number of rotatable bonds is 4. The molecular weight excluding hydrogens is 373 g/mol. The van der Waals surface area contributed by atoms with Gasteiger partial charge in [0.05, 0.1) is 17.7 Å². The lowest BCUT2D eigenvalue weighted by molar-refractivity contribution is 0.340. The van der Waals surface area contributed by atoms with Crippen LogP contribution in [0, 0.1) is 6.92 Å². The lowest BCUT2D eigenvalue weighted by Gasteiger charge is -2.17. The molecule has 0 saturated carbocycles. The number of benzene rings is 2. The quantitative estimate of drug-likeness (QED) is 0.749. The molecule has 5 heteroatoms. The van der Waals surface area contributed by atoms with Crippen LogP contribution in [0.3, 0.4) is 0 Å². The number of aryl methyl sites for hydroxylation is 1. The molecule has 0 fully saturated rings. The van der Waals surface area contributed by atoms with E-state index in [2.05, 4.69) is 15.9 Å². The summed E-state index contributed by atoms with van der Waals surface area (Å²) in [5.41, 5.74) is 9.22. The first-order valence-corrected chi connectivity index (χ1v) is 8.12. The van der Waals surface area contributed by atoms with Crippen molar-refractivity contribution in [2.24, 2.45) is 5.73 Å². The molecule has 1 atom stereocenters. The first-order valence-electron chi connectivity index (χ1n) is 6.57. The van der Waals surface area contributed by atoms with Gasteiger partial charge in [0, 0.05) is 15.6 Å². The van der Waals surface area contributed by atoms with Crippen molar-refractivity contribution >= 4 is 39.1 Å². The van der Waals surface area contributed by atoms with Crippen LogP contribution in [0.5, 0.6) is 5.75 Å². The van der Waals surface area contributed by atoms with Crippen molar-refractivity contribution in [3.8, 4) is 5.75 Å². The molecule has 0 aliphatic carbocycles. The highest BCUT2D eigenvalue weighted by atomic mass is 79.9. The van der Waals surface area contributed by atoms with E-state index in [1.165, 1.54) is 0 Å². The van der Waals surface area contributed by atoms with E-state index in [0.717, 1.165) is 21.2 Å². The van der Waals surface area contributed by atoms with Gasteiger partial charge in [0.25, 0.3) is 0 Å². The number of hydrogen-bond acceptors (Lipinski definition) is 2. The van der Waals surface area contributed by atoms with Gasteiger partial charge in [-0.2, -0.15) is 0 Å². The number of ether oxygens (including phenoxy) is 1. The molecule has 2 aromatic carbocycles. The van der Waals surface area contributed by atoms with Crippen LogP contribution in [-0.2, 0) is 0 Å². The van der Waals surface area contributed by atoms with Gasteiger partial charge in [0.15, 0.2) is 0 Å². The number of halogens is 3. The van der Waals surface area contributed by atoms with E-state index in [0.29, 0.717) is 22.4 Å². The molecule has 2 rings (SSSR count). The second kappa shape index (κ2) is 7.01. The lowest BCUT2D eigenvalue weighted by Crippen LogP contribution is -2.13. The number of nitrogens with two attached hydrogens (primary N) is 1. The Morgan fingerprint density at radius 1 is 1.19 bits per heavy atom. The zero-order valence-corrected chi connectivity index (χ0v) is 14.9. The van der Waals surface area contributed by atoms with E-state index in [1.807, 2.05) is 32.0 Å². The molecule has 1 unspecified atom stereocenters. The Morgan fingerprint density at radius 3 is 2.52 bits per heavy atom. The van der Waals surface area contributed by atoms with Gasteiger partial charge in [-0.15, -0.1) is 0 Å². The molecule has 21 heavy (non-hydrogen) atoms. The zero-order valence-electron chi connectivity index (χ0n) is 11.8. The molecule has 0 aliphatic rings. The van der Waals surface area contributed by atoms with E-state index in [1.54, 1.807) is 12.1 Å². The van der Waals surface area contributed by atoms with E-state index in [4.69, 9.17) is 33.7 Å². The molecule has 0 heterocycles. The Bertz CT molecular complexity index is 661. The third-order valence-electron chi connectivity index (χ3n) is 3.24. The highest BCUT2D eigenvalue weighted by Crippen LogP contribution is 2.36. The third-order valence-corrected chi connectivity index (χ3v) is 4.72. The Morgan fingerprint density at radius 2 is 1.90 bits per heavy atom. The van der Waals surface area contributed by atoms with Crippen LogP contribution in [0.15, 0.2) is 34.8 Å². The van der Waals surface area contributed by atoms with E-state index < -0.39 is 0 Å². The largest absolute Gasteiger partial charge is 0.492 e. The molecule has 0 bridgehead atoms. The predicted molar refractivity (Wildman–Crippen MR) is 92.5 cm³/mol. The van der Waals surface area contributed by atoms with E-state index in [-0.39, 0.29) is 6.04 Å². The van der Waals surface area contributed by atoms with Crippen molar-refractivity contribution in [3.63, 3.8) is 0 Å². The standard InChI is InChI=1S/C16H16BrCl2NO/c1-3-21-15-8-13(18)11(7-14(15)19)16(20)10-5-4-9(2)12(17)6-10/h4-8,16H,3,20H2,1-2H3. The second-order valence-electron chi connectivity index (χ2n) is 4.72. The molecule has 0 radical (unpaired) electrons.